The molecule has 3 amide bonds. The molecular formula is C21H20FN9O7S3. The van der Waals surface area contributed by atoms with Gasteiger partial charge in [0, 0.05) is 28.2 Å². The van der Waals surface area contributed by atoms with Crippen molar-refractivity contribution in [1.82, 2.24) is 24.0 Å². The highest BCUT2D eigenvalue weighted by molar-refractivity contribution is 8.00. The van der Waals surface area contributed by atoms with E-state index in [0.29, 0.717) is 11.3 Å². The fourth-order valence-electron chi connectivity index (χ4n) is 4.15. The number of carbonyl (C=O) groups is 4. The van der Waals surface area contributed by atoms with Crippen LogP contribution in [0.25, 0.3) is 4.83 Å². The summed E-state index contributed by atoms with van der Waals surface area (Å²) in [5, 5.41) is 19.4. The molecule has 3 aromatic heterocycles. The molecule has 0 radical (unpaired) electrons. The van der Waals surface area contributed by atoms with E-state index in [0.717, 1.165) is 21.3 Å². The number of ether oxygens (including phenoxy) is 1. The van der Waals surface area contributed by atoms with Gasteiger partial charge in [-0.05, 0) is 0 Å². The lowest BCUT2D eigenvalue weighted by atomic mass is 10.0. The van der Waals surface area contributed by atoms with Crippen LogP contribution in [0.15, 0.2) is 34.3 Å². The van der Waals surface area contributed by atoms with E-state index in [1.807, 2.05) is 0 Å². The van der Waals surface area contributed by atoms with Crippen molar-refractivity contribution < 1.29 is 42.8 Å². The fraction of sp³-hybridized carbons (Fsp3) is 0.333. The van der Waals surface area contributed by atoms with Gasteiger partial charge in [-0.1, -0.05) is 16.5 Å². The molecular weight excluding hydrogens is 605 g/mol. The zero-order valence-corrected chi connectivity index (χ0v) is 23.2. The van der Waals surface area contributed by atoms with Gasteiger partial charge in [0.25, 0.3) is 11.8 Å². The summed E-state index contributed by atoms with van der Waals surface area (Å²) in [6, 6.07) is -1.09. The number of β-lactam (4-membered cyclic amide) rings is 1. The Balaban J connectivity index is 1.32. The van der Waals surface area contributed by atoms with Crippen LogP contribution in [0.5, 0.6) is 0 Å². The van der Waals surface area contributed by atoms with E-state index in [9.17, 15) is 28.7 Å². The second-order valence-electron chi connectivity index (χ2n) is 8.48. The number of nitrogens with one attached hydrogen (secondary N) is 1. The predicted molar refractivity (Wildman–Crippen MR) is 140 cm³/mol. The fourth-order valence-corrected chi connectivity index (χ4v) is 6.83. The smallest absolute Gasteiger partial charge is 0.404 e. The predicted octanol–water partition coefficient (Wildman–Crippen LogP) is -1.89. The second kappa shape index (κ2) is 11.7. The molecule has 20 heteroatoms. The van der Waals surface area contributed by atoms with Gasteiger partial charge in [-0.15, -0.1) is 11.8 Å². The lowest BCUT2D eigenvalue weighted by Crippen LogP contribution is -2.71. The van der Waals surface area contributed by atoms with E-state index >= 15 is 0 Å². The van der Waals surface area contributed by atoms with Gasteiger partial charge in [-0.25, -0.2) is 13.8 Å². The minimum atomic E-state index is -1.54. The summed E-state index contributed by atoms with van der Waals surface area (Å²) in [7, 11) is 0. The summed E-state index contributed by atoms with van der Waals surface area (Å²) in [4.78, 5) is 59.7. The third-order valence-corrected chi connectivity index (χ3v) is 8.67. The Hall–Kier alpha value is -4.30. The molecule has 1 fully saturated rings. The number of amides is 3. The summed E-state index contributed by atoms with van der Waals surface area (Å²) in [6.45, 7) is -1.18. The maximum absolute atomic E-state index is 13.1. The Bertz CT molecular complexity index is 1600. The topological polar surface area (TPSA) is 224 Å². The first-order valence-corrected chi connectivity index (χ1v) is 14.3. The Kier molecular flexibility index (Phi) is 8.03. The number of halogens is 1. The third kappa shape index (κ3) is 5.65. The Morgan fingerprint density at radius 2 is 2.17 bits per heavy atom. The maximum Gasteiger partial charge on any atom is 0.404 e. The van der Waals surface area contributed by atoms with Gasteiger partial charge >= 0.3 is 6.09 Å². The molecule has 2 aliphatic heterocycles. The number of alkyl halides is 1. The number of carboxylic acid groups (broad SMARTS) is 1. The number of fused-ring (bicyclic) bond motifs is 2. The number of hydrogen-bond donors (Lipinski definition) is 3. The highest BCUT2D eigenvalue weighted by Gasteiger charge is 2.53. The van der Waals surface area contributed by atoms with Crippen molar-refractivity contribution in [3.05, 3.63) is 40.7 Å². The highest BCUT2D eigenvalue weighted by atomic mass is 32.2. The number of nitrogen functional groups attached to an aromatic ring is 1. The zero-order valence-electron chi connectivity index (χ0n) is 20.7. The zero-order chi connectivity index (χ0) is 29.3. The van der Waals surface area contributed by atoms with Crippen molar-refractivity contribution in [2.45, 2.75) is 24.6 Å². The second-order valence-corrected chi connectivity index (χ2v) is 11.3. The van der Waals surface area contributed by atoms with Crippen molar-refractivity contribution in [3.8, 4) is 0 Å². The minimum Gasteiger partial charge on any atom is -0.543 e. The Labute approximate surface area is 241 Å². The molecule has 0 aliphatic carbocycles. The number of hydrogen-bond acceptors (Lipinski definition) is 14. The number of nitrogens with two attached hydrogens (primary N) is 2. The summed E-state index contributed by atoms with van der Waals surface area (Å²) in [5.74, 6) is -3.04. The van der Waals surface area contributed by atoms with Crippen LogP contribution < -0.4 is 26.5 Å². The number of primary amides is 1. The normalized spacial score (nSPS) is 18.7. The molecule has 0 spiro atoms. The quantitative estimate of drug-likeness (QED) is 0.0702. The van der Waals surface area contributed by atoms with Gasteiger partial charge in [-0.3, -0.25) is 14.5 Å². The summed E-state index contributed by atoms with van der Waals surface area (Å²) >= 11 is 3.44. The maximum atomic E-state index is 13.1. The number of aliphatic carboxylic acids is 1. The molecule has 5 N–H and O–H groups in total. The van der Waals surface area contributed by atoms with Gasteiger partial charge in [0.15, 0.2) is 17.4 Å². The van der Waals surface area contributed by atoms with Crippen LogP contribution in [0, 0.1) is 0 Å². The molecule has 0 saturated carbocycles. The van der Waals surface area contributed by atoms with Crippen molar-refractivity contribution in [2.24, 2.45) is 10.9 Å². The van der Waals surface area contributed by atoms with Gasteiger partial charge < -0.3 is 36.3 Å². The summed E-state index contributed by atoms with van der Waals surface area (Å²) < 4.78 is 24.7. The average Bonchev–Trinajstić information content (AvgIpc) is 3.64. The highest BCUT2D eigenvalue weighted by Crippen LogP contribution is 2.40. The van der Waals surface area contributed by atoms with E-state index in [2.05, 4.69) is 19.8 Å². The Morgan fingerprint density at radius 1 is 1.37 bits per heavy atom. The number of anilines is 1. The average molecular weight is 626 g/mol. The minimum absolute atomic E-state index is 0.0375. The van der Waals surface area contributed by atoms with E-state index in [1.54, 1.807) is 26.9 Å². The van der Waals surface area contributed by atoms with Crippen molar-refractivity contribution >= 4 is 74.2 Å². The molecule has 5 rings (SSSR count). The number of imidazole rings is 1. The molecule has 41 heavy (non-hydrogen) atoms. The van der Waals surface area contributed by atoms with E-state index in [4.69, 9.17) is 21.0 Å². The van der Waals surface area contributed by atoms with Crippen LogP contribution in [-0.4, -0.2) is 78.7 Å². The molecule has 3 aromatic rings. The van der Waals surface area contributed by atoms with Crippen molar-refractivity contribution in [1.29, 1.82) is 0 Å². The van der Waals surface area contributed by atoms with Crippen LogP contribution in [-0.2, 0) is 37.1 Å². The van der Waals surface area contributed by atoms with E-state index in [1.165, 1.54) is 23.1 Å². The van der Waals surface area contributed by atoms with Crippen LogP contribution in [0.3, 0.4) is 0 Å². The molecule has 2 aliphatic rings. The summed E-state index contributed by atoms with van der Waals surface area (Å²) in [6.07, 6.45) is 2.57. The molecule has 0 unspecified atom stereocenters. The SMILES string of the molecule is NC(=O)OCc1csc2c[n+](CC3=C(C(=O)[O-])N4C(=O)[C@@H](NC(=O)/C(=N\OCCF)c5nsc(N)n5)[C@H]4SC3)cn12. The van der Waals surface area contributed by atoms with Crippen LogP contribution in [0.2, 0.25) is 0 Å². The monoisotopic (exact) mass is 625 g/mol. The first-order valence-electron chi connectivity index (χ1n) is 11.6. The standard InChI is InChI=1S/C21H20FN9O7S3/c22-1-2-38-27-12(15-26-20(23)41-28-15)16(32)25-13-17(33)31-14(19(34)35)9(6-40-18(13)31)3-29-4-11-30(8-29)10(7-39-11)5-37-21(24)36/h4,7-8,13,18H,1-3,5-6H2,(H5-,23,24,25,26,28,32,34,35,36)/b27-12-/t13-,18-/m1/s1. The molecule has 1 saturated heterocycles. The van der Waals surface area contributed by atoms with Gasteiger partial charge in [0.2, 0.25) is 22.7 Å². The van der Waals surface area contributed by atoms with Crippen molar-refractivity contribution in [2.75, 3.05) is 24.8 Å². The van der Waals surface area contributed by atoms with Crippen molar-refractivity contribution in [3.63, 3.8) is 0 Å². The van der Waals surface area contributed by atoms with Crippen LogP contribution >= 0.6 is 34.6 Å². The summed E-state index contributed by atoms with van der Waals surface area (Å²) in [5.41, 5.74) is 11.0. The molecule has 0 bridgehead atoms. The number of carbonyl (C=O) groups excluding carboxylic acids is 4. The molecule has 216 valence electrons. The third-order valence-electron chi connectivity index (χ3n) is 5.86. The number of oxime groups is 1. The number of aromatic nitrogens is 4. The number of rotatable bonds is 11. The first kappa shape index (κ1) is 28.2. The van der Waals surface area contributed by atoms with Gasteiger partial charge in [-0.2, -0.15) is 13.8 Å². The van der Waals surface area contributed by atoms with Crippen LogP contribution in [0.4, 0.5) is 14.3 Å². The number of carboxylic acids is 1. The molecule has 16 nitrogen and oxygen atoms in total. The van der Waals surface area contributed by atoms with Crippen LogP contribution in [0.1, 0.15) is 11.5 Å². The molecule has 0 aromatic carbocycles. The lowest BCUT2D eigenvalue weighted by molar-refractivity contribution is -0.687. The lowest BCUT2D eigenvalue weighted by Gasteiger charge is -2.50. The van der Waals surface area contributed by atoms with E-state index < -0.39 is 54.3 Å². The Morgan fingerprint density at radius 3 is 2.85 bits per heavy atom. The molecule has 2 atom stereocenters. The number of thioether (sulfide) groups is 1. The van der Waals surface area contributed by atoms with Gasteiger partial charge in [0.1, 0.15) is 37.4 Å². The molecule has 5 heterocycles. The number of thiazole rings is 1. The van der Waals surface area contributed by atoms with Gasteiger partial charge in [0.05, 0.1) is 11.7 Å². The number of nitrogens with zero attached hydrogens (tertiary/aromatic N) is 6. The first-order chi connectivity index (χ1) is 19.7. The van der Waals surface area contributed by atoms with E-state index in [-0.39, 0.29) is 35.6 Å². The largest absolute Gasteiger partial charge is 0.543 e.